The number of hydrogen-bond acceptors (Lipinski definition) is 2. The summed E-state index contributed by atoms with van der Waals surface area (Å²) in [4.78, 5) is 8.05. The second-order valence-corrected chi connectivity index (χ2v) is 3.40. The number of allylic oxidation sites excluding steroid dienone is 1. The molecule has 2 nitrogen and oxygen atoms in total. The minimum atomic E-state index is 0.729. The zero-order chi connectivity index (χ0) is 10.1. The summed E-state index contributed by atoms with van der Waals surface area (Å²) in [5.74, 6) is 0.729. The van der Waals surface area contributed by atoms with Crippen LogP contribution < -0.4 is 0 Å². The number of hydrogen-bond donors (Lipinski definition) is 0. The lowest BCUT2D eigenvalue weighted by atomic mass is 10.1. The van der Waals surface area contributed by atoms with Crippen LogP contribution in [0.4, 0.5) is 0 Å². The average Bonchev–Trinajstić information content (AvgIpc) is 2.09. The van der Waals surface area contributed by atoms with Crippen molar-refractivity contribution in [2.75, 3.05) is 6.54 Å². The van der Waals surface area contributed by atoms with E-state index in [1.54, 1.807) is 6.20 Å². The van der Waals surface area contributed by atoms with E-state index in [1.807, 2.05) is 13.0 Å². The van der Waals surface area contributed by atoms with Gasteiger partial charge in [-0.25, -0.2) is 0 Å². The lowest BCUT2D eigenvalue weighted by molar-refractivity contribution is 0.603. The van der Waals surface area contributed by atoms with Crippen molar-refractivity contribution in [3.63, 3.8) is 0 Å². The van der Waals surface area contributed by atoms with Gasteiger partial charge in [0.2, 0.25) is 0 Å². The molecule has 0 aliphatic rings. The van der Waals surface area contributed by atoms with Crippen LogP contribution in [0.3, 0.4) is 0 Å². The maximum Gasteiger partial charge on any atom is 0.0364 e. The van der Waals surface area contributed by atoms with Crippen molar-refractivity contribution in [3.05, 3.63) is 12.3 Å². The molecule has 0 rings (SSSR count). The minimum absolute atomic E-state index is 0.729. The average molecular weight is 180 g/mol. The molecule has 0 amide bonds. The third-order valence-electron chi connectivity index (χ3n) is 1.71. The first-order valence-corrected chi connectivity index (χ1v) is 4.86. The molecular formula is C11H20N2. The van der Waals surface area contributed by atoms with E-state index in [1.165, 1.54) is 6.42 Å². The van der Waals surface area contributed by atoms with Crippen molar-refractivity contribution < 1.29 is 0 Å². The van der Waals surface area contributed by atoms with Crippen LogP contribution in [0.1, 0.15) is 33.6 Å². The van der Waals surface area contributed by atoms with Crippen molar-refractivity contribution in [2.45, 2.75) is 33.6 Å². The minimum Gasteiger partial charge on any atom is -0.290 e. The molecule has 0 aromatic rings. The van der Waals surface area contributed by atoms with Crippen LogP contribution in [-0.2, 0) is 0 Å². The van der Waals surface area contributed by atoms with E-state index in [-0.39, 0.29) is 0 Å². The Bertz CT molecular complexity index is 190. The van der Waals surface area contributed by atoms with E-state index in [0.717, 1.165) is 24.6 Å². The summed E-state index contributed by atoms with van der Waals surface area (Å²) in [6.07, 6.45) is 5.87. The summed E-state index contributed by atoms with van der Waals surface area (Å²) in [6.45, 7) is 10.7. The molecule has 0 heterocycles. The molecule has 13 heavy (non-hydrogen) atoms. The molecule has 0 unspecified atom stereocenters. The van der Waals surface area contributed by atoms with E-state index >= 15 is 0 Å². The van der Waals surface area contributed by atoms with Crippen LogP contribution in [0, 0.1) is 5.92 Å². The molecule has 0 aliphatic heterocycles. The zero-order valence-corrected chi connectivity index (χ0v) is 8.95. The highest BCUT2D eigenvalue weighted by atomic mass is 14.7. The maximum absolute atomic E-state index is 4.38. The van der Waals surface area contributed by atoms with Crippen molar-refractivity contribution in [1.82, 2.24) is 0 Å². The summed E-state index contributed by atoms with van der Waals surface area (Å²) >= 11 is 0. The van der Waals surface area contributed by atoms with Gasteiger partial charge in [0.05, 0.1) is 0 Å². The third-order valence-corrected chi connectivity index (χ3v) is 1.71. The molecule has 0 aromatic carbocycles. The van der Waals surface area contributed by atoms with E-state index in [0.29, 0.717) is 0 Å². The molecule has 0 atom stereocenters. The molecule has 0 N–H and O–H groups in total. The summed E-state index contributed by atoms with van der Waals surface area (Å²) in [7, 11) is 0. The number of rotatable bonds is 6. The molecule has 74 valence electrons. The van der Waals surface area contributed by atoms with Gasteiger partial charge < -0.3 is 0 Å². The van der Waals surface area contributed by atoms with Gasteiger partial charge in [-0.1, -0.05) is 13.8 Å². The van der Waals surface area contributed by atoms with E-state index in [4.69, 9.17) is 0 Å². The van der Waals surface area contributed by atoms with Crippen molar-refractivity contribution in [3.8, 4) is 0 Å². The van der Waals surface area contributed by atoms with Crippen LogP contribution in [0.25, 0.3) is 0 Å². The van der Waals surface area contributed by atoms with Crippen molar-refractivity contribution in [2.24, 2.45) is 15.9 Å². The zero-order valence-electron chi connectivity index (χ0n) is 8.95. The number of nitrogens with zero attached hydrogens (tertiary/aromatic N) is 2. The largest absolute Gasteiger partial charge is 0.290 e. The van der Waals surface area contributed by atoms with Gasteiger partial charge in [0, 0.05) is 18.5 Å². The molecule has 0 aliphatic carbocycles. The predicted octanol–water partition coefficient (Wildman–Crippen LogP) is 3.10. The smallest absolute Gasteiger partial charge is 0.0364 e. The SMILES string of the molecule is C=N/C=C\C(CCC(C)C)=NCC. The van der Waals surface area contributed by atoms with Gasteiger partial charge in [-0.3, -0.25) is 9.98 Å². The van der Waals surface area contributed by atoms with Crippen LogP contribution in [0.15, 0.2) is 22.3 Å². The van der Waals surface area contributed by atoms with Crippen LogP contribution in [-0.4, -0.2) is 19.0 Å². The number of aliphatic imine (C=N–C) groups is 2. The molecule has 0 saturated heterocycles. The van der Waals surface area contributed by atoms with Gasteiger partial charge in [0.1, 0.15) is 0 Å². The summed E-state index contributed by atoms with van der Waals surface area (Å²) in [6, 6.07) is 0. The van der Waals surface area contributed by atoms with Gasteiger partial charge in [0.15, 0.2) is 0 Å². The van der Waals surface area contributed by atoms with Gasteiger partial charge >= 0.3 is 0 Å². The van der Waals surface area contributed by atoms with Crippen molar-refractivity contribution >= 4 is 12.4 Å². The quantitative estimate of drug-likeness (QED) is 0.561. The standard InChI is InChI=1S/C11H20N2/c1-5-13-11(8-9-12-4)7-6-10(2)3/h8-10H,4-7H2,1-3H3/b9-8-,13-11?. The van der Waals surface area contributed by atoms with Crippen LogP contribution in [0.5, 0.6) is 0 Å². The predicted molar refractivity (Wildman–Crippen MR) is 60.7 cm³/mol. The Kier molecular flexibility index (Phi) is 7.17. The fourth-order valence-electron chi connectivity index (χ4n) is 0.993. The Hall–Kier alpha value is -0.920. The Morgan fingerprint density at radius 3 is 2.62 bits per heavy atom. The van der Waals surface area contributed by atoms with Crippen LogP contribution in [0.2, 0.25) is 0 Å². The highest BCUT2D eigenvalue weighted by Gasteiger charge is 1.97. The molecule has 0 saturated carbocycles. The highest BCUT2D eigenvalue weighted by Crippen LogP contribution is 2.05. The second-order valence-electron chi connectivity index (χ2n) is 3.40. The van der Waals surface area contributed by atoms with E-state index in [2.05, 4.69) is 30.5 Å². The van der Waals surface area contributed by atoms with Crippen LogP contribution >= 0.6 is 0 Å². The summed E-state index contributed by atoms with van der Waals surface area (Å²) in [5.41, 5.74) is 1.13. The monoisotopic (exact) mass is 180 g/mol. The molecule has 0 bridgehead atoms. The fraction of sp³-hybridized carbons (Fsp3) is 0.636. The lowest BCUT2D eigenvalue weighted by Gasteiger charge is -2.03. The molecule has 2 heteroatoms. The molecule has 0 aromatic heterocycles. The first kappa shape index (κ1) is 12.1. The fourth-order valence-corrected chi connectivity index (χ4v) is 0.993. The first-order chi connectivity index (χ1) is 6.20. The summed E-state index contributed by atoms with van der Waals surface area (Å²) < 4.78 is 0. The third kappa shape index (κ3) is 7.44. The maximum atomic E-state index is 4.38. The molecule has 0 fully saturated rings. The Labute approximate surface area is 81.5 Å². The topological polar surface area (TPSA) is 24.7 Å². The van der Waals surface area contributed by atoms with Crippen molar-refractivity contribution in [1.29, 1.82) is 0 Å². The first-order valence-electron chi connectivity index (χ1n) is 4.86. The Morgan fingerprint density at radius 1 is 1.46 bits per heavy atom. The molecule has 0 spiro atoms. The molecular weight excluding hydrogens is 160 g/mol. The van der Waals surface area contributed by atoms with Gasteiger partial charge in [-0.2, -0.15) is 0 Å². The van der Waals surface area contributed by atoms with Gasteiger partial charge in [0.25, 0.3) is 0 Å². The van der Waals surface area contributed by atoms with Gasteiger partial charge in [-0.15, -0.1) is 0 Å². The Balaban J connectivity index is 4.02. The van der Waals surface area contributed by atoms with Gasteiger partial charge in [-0.05, 0) is 38.5 Å². The highest BCUT2D eigenvalue weighted by molar-refractivity contribution is 5.94. The van der Waals surface area contributed by atoms with E-state index < -0.39 is 0 Å². The molecule has 0 radical (unpaired) electrons. The normalized spacial score (nSPS) is 12.8. The second kappa shape index (κ2) is 7.71. The van der Waals surface area contributed by atoms with E-state index in [9.17, 15) is 0 Å². The Morgan fingerprint density at radius 2 is 2.15 bits per heavy atom. The summed E-state index contributed by atoms with van der Waals surface area (Å²) in [5, 5.41) is 0. The lowest BCUT2D eigenvalue weighted by Crippen LogP contribution is -1.98.